The summed E-state index contributed by atoms with van der Waals surface area (Å²) in [6.07, 6.45) is 3.15. The van der Waals surface area contributed by atoms with Crippen LogP contribution >= 0.6 is 0 Å². The van der Waals surface area contributed by atoms with E-state index in [1.807, 2.05) is 0 Å². The van der Waals surface area contributed by atoms with Gasteiger partial charge in [0.15, 0.2) is 0 Å². The van der Waals surface area contributed by atoms with Crippen LogP contribution < -0.4 is 0 Å². The van der Waals surface area contributed by atoms with E-state index >= 15 is 0 Å². The van der Waals surface area contributed by atoms with Gasteiger partial charge in [-0.2, -0.15) is 0 Å². The van der Waals surface area contributed by atoms with E-state index in [4.69, 9.17) is 0 Å². The average molecular weight is 127 g/mol. The Morgan fingerprint density at radius 3 is 1.50 bits per heavy atom. The Balaban J connectivity index is 0. The molecule has 0 atom stereocenters. The molecule has 0 fully saturated rings. The summed E-state index contributed by atoms with van der Waals surface area (Å²) in [5.74, 6) is 0. The van der Waals surface area contributed by atoms with Crippen molar-refractivity contribution in [3.8, 4) is 0 Å². The Labute approximate surface area is 91.9 Å². The van der Waals surface area contributed by atoms with Gasteiger partial charge in [0.1, 0.15) is 0 Å². The van der Waals surface area contributed by atoms with Gasteiger partial charge in [-0.25, -0.2) is 0 Å². The summed E-state index contributed by atoms with van der Waals surface area (Å²) in [4.78, 5) is 0. The van der Waals surface area contributed by atoms with E-state index in [1.54, 1.807) is 18.5 Å². The van der Waals surface area contributed by atoms with Gasteiger partial charge in [0.05, 0.1) is 12.4 Å². The molecule has 8 heavy (non-hydrogen) atoms. The van der Waals surface area contributed by atoms with Crippen LogP contribution in [0.25, 0.3) is 0 Å². The van der Waals surface area contributed by atoms with E-state index in [0.29, 0.717) is 0 Å². The summed E-state index contributed by atoms with van der Waals surface area (Å²) in [6, 6.07) is 1.72. The molecule has 0 spiro atoms. The second-order valence-electron chi connectivity index (χ2n) is 0.811. The van der Waals surface area contributed by atoms with Gasteiger partial charge in [0.2, 0.25) is 0 Å². The number of hydrogen-bond donors (Lipinski definition) is 0. The van der Waals surface area contributed by atoms with Crippen molar-refractivity contribution >= 4 is 59.1 Å². The van der Waals surface area contributed by atoms with E-state index in [0.717, 1.165) is 0 Å². The van der Waals surface area contributed by atoms with Gasteiger partial charge in [0, 0.05) is 59.1 Å². The third-order valence-electron chi connectivity index (χ3n) is 0.409. The van der Waals surface area contributed by atoms with E-state index in [2.05, 4.69) is 15.4 Å². The van der Waals surface area contributed by atoms with Crippen LogP contribution in [0.4, 0.5) is 0 Å². The molecule has 0 unspecified atom stereocenters. The number of rotatable bonds is 0. The van der Waals surface area contributed by atoms with Crippen molar-refractivity contribution in [2.75, 3.05) is 0 Å². The fourth-order valence-electron chi connectivity index (χ4n) is 0.205. The van der Waals surface area contributed by atoms with E-state index in [1.165, 1.54) is 0 Å². The van der Waals surface area contributed by atoms with Crippen molar-refractivity contribution in [2.24, 2.45) is 0 Å². The number of aromatic nitrogens is 3. The Bertz CT molecular complexity index is 84.5. The molecule has 1 aromatic rings. The van der Waals surface area contributed by atoms with Crippen molar-refractivity contribution in [3.05, 3.63) is 18.5 Å². The third kappa shape index (κ3) is 5.15. The first kappa shape index (κ1) is 11.8. The molecular formula is C3H3N3Na2. The quantitative estimate of drug-likeness (QED) is 0.424. The SMILES string of the molecule is [Na].[Na].c1cnnnc1. The van der Waals surface area contributed by atoms with Crippen molar-refractivity contribution < 1.29 is 0 Å². The van der Waals surface area contributed by atoms with Crippen LogP contribution in [0.2, 0.25) is 0 Å². The van der Waals surface area contributed by atoms with Crippen LogP contribution in [0.1, 0.15) is 0 Å². The molecular weight excluding hydrogens is 124 g/mol. The zero-order chi connectivity index (χ0) is 4.24. The van der Waals surface area contributed by atoms with Gasteiger partial charge in [-0.15, -0.1) is 10.2 Å². The van der Waals surface area contributed by atoms with Gasteiger partial charge >= 0.3 is 0 Å². The Morgan fingerprint density at radius 2 is 1.38 bits per heavy atom. The molecule has 0 aromatic carbocycles. The molecule has 1 heterocycles. The summed E-state index contributed by atoms with van der Waals surface area (Å²) < 4.78 is 0. The summed E-state index contributed by atoms with van der Waals surface area (Å²) in [6.45, 7) is 0. The van der Waals surface area contributed by atoms with Crippen LogP contribution in [0.5, 0.6) is 0 Å². The maximum atomic E-state index is 3.42. The molecule has 0 saturated heterocycles. The minimum atomic E-state index is 0. The van der Waals surface area contributed by atoms with Crippen molar-refractivity contribution in [1.82, 2.24) is 15.4 Å². The number of nitrogens with zero attached hydrogens (tertiary/aromatic N) is 3. The van der Waals surface area contributed by atoms with Crippen LogP contribution in [0, 0.1) is 0 Å². The molecule has 2 radical (unpaired) electrons. The molecule has 0 aliphatic rings. The maximum absolute atomic E-state index is 3.42. The minimum Gasteiger partial charge on any atom is -0.139 e. The molecule has 1 aromatic heterocycles. The molecule has 0 saturated carbocycles. The predicted octanol–water partition coefficient (Wildman–Crippen LogP) is -0.890. The molecule has 5 heteroatoms. The first-order chi connectivity index (χ1) is 3.00. The molecule has 0 aliphatic carbocycles. The van der Waals surface area contributed by atoms with Gasteiger partial charge in [0.25, 0.3) is 0 Å². The van der Waals surface area contributed by atoms with Crippen LogP contribution in [0.3, 0.4) is 0 Å². The van der Waals surface area contributed by atoms with E-state index < -0.39 is 0 Å². The van der Waals surface area contributed by atoms with Gasteiger partial charge < -0.3 is 0 Å². The summed E-state index contributed by atoms with van der Waals surface area (Å²) in [7, 11) is 0. The zero-order valence-electron chi connectivity index (χ0n) is 5.07. The standard InChI is InChI=1S/C3H3N3.2Na/c1-2-4-6-5-3-1;;/h1-3H;;. The number of hydrogen-bond acceptors (Lipinski definition) is 3. The molecule has 1 rings (SSSR count). The third-order valence-corrected chi connectivity index (χ3v) is 0.409. The maximum Gasteiger partial charge on any atom is 0.0529 e. The van der Waals surface area contributed by atoms with E-state index in [9.17, 15) is 0 Å². The van der Waals surface area contributed by atoms with Crippen LogP contribution in [-0.2, 0) is 0 Å². The fourth-order valence-corrected chi connectivity index (χ4v) is 0.205. The molecule has 3 nitrogen and oxygen atoms in total. The normalized spacial score (nSPS) is 6.00. The summed E-state index contributed by atoms with van der Waals surface area (Å²) >= 11 is 0. The van der Waals surface area contributed by atoms with E-state index in [-0.39, 0.29) is 59.1 Å². The molecule has 0 N–H and O–H groups in total. The van der Waals surface area contributed by atoms with Gasteiger partial charge in [-0.1, -0.05) is 0 Å². The second kappa shape index (κ2) is 8.01. The fraction of sp³-hybridized carbons (Fsp3) is 0. The van der Waals surface area contributed by atoms with Crippen molar-refractivity contribution in [3.63, 3.8) is 0 Å². The summed E-state index contributed by atoms with van der Waals surface area (Å²) in [5, 5.41) is 10.1. The monoisotopic (exact) mass is 127 g/mol. The molecule has 0 amide bonds. The predicted molar refractivity (Wildman–Crippen MR) is 31.3 cm³/mol. The Morgan fingerprint density at radius 1 is 0.875 bits per heavy atom. The topological polar surface area (TPSA) is 38.7 Å². The van der Waals surface area contributed by atoms with Crippen LogP contribution in [0.15, 0.2) is 18.5 Å². The minimum absolute atomic E-state index is 0. The van der Waals surface area contributed by atoms with Crippen LogP contribution in [-0.4, -0.2) is 74.5 Å². The van der Waals surface area contributed by atoms with Gasteiger partial charge in [-0.3, -0.25) is 0 Å². The first-order valence-corrected chi connectivity index (χ1v) is 1.58. The molecule has 32 valence electrons. The average Bonchev–Trinajstić information content (AvgIpc) is 1.72. The zero-order valence-corrected chi connectivity index (χ0v) is 9.07. The van der Waals surface area contributed by atoms with Crippen molar-refractivity contribution in [2.45, 2.75) is 0 Å². The Hall–Kier alpha value is 1.01. The van der Waals surface area contributed by atoms with Gasteiger partial charge in [-0.05, 0) is 11.3 Å². The first-order valence-electron chi connectivity index (χ1n) is 1.58. The summed E-state index contributed by atoms with van der Waals surface area (Å²) in [5.41, 5.74) is 0. The Kier molecular flexibility index (Phi) is 11.8. The molecule has 0 aliphatic heterocycles. The smallest absolute Gasteiger partial charge is 0.0529 e. The largest absolute Gasteiger partial charge is 0.139 e. The molecule has 0 bridgehead atoms. The van der Waals surface area contributed by atoms with Crippen molar-refractivity contribution in [1.29, 1.82) is 0 Å². The second-order valence-corrected chi connectivity index (χ2v) is 0.811.